The summed E-state index contributed by atoms with van der Waals surface area (Å²) < 4.78 is 5.02. The Morgan fingerprint density at radius 1 is 1.35 bits per heavy atom. The van der Waals surface area contributed by atoms with Crippen LogP contribution in [0.1, 0.15) is 43.5 Å². The number of nitrogens with two attached hydrogens (primary N) is 1. The predicted octanol–water partition coefficient (Wildman–Crippen LogP) is 3.48. The average molecular weight is 429 g/mol. The van der Waals surface area contributed by atoms with Crippen LogP contribution in [0.5, 0.6) is 0 Å². The van der Waals surface area contributed by atoms with Crippen LogP contribution < -0.4 is 11.1 Å². The molecule has 7 heteroatoms. The zero-order valence-corrected chi connectivity index (χ0v) is 16.1. The van der Waals surface area contributed by atoms with Crippen LogP contribution in [0.15, 0.2) is 33.8 Å². The first-order valence-electron chi connectivity index (χ1n) is 7.54. The Balaban J connectivity index is 0.00000264. The van der Waals surface area contributed by atoms with Crippen LogP contribution in [0.4, 0.5) is 5.69 Å². The van der Waals surface area contributed by atoms with Crippen LogP contribution in [-0.4, -0.2) is 22.6 Å². The summed E-state index contributed by atoms with van der Waals surface area (Å²) in [7, 11) is 0. The molecule has 0 aliphatic carbocycles. The number of nitrogens with zero attached hydrogens (tertiary/aromatic N) is 3. The quantitative estimate of drug-likeness (QED) is 0.417. The number of benzene rings is 1. The Morgan fingerprint density at radius 2 is 2.04 bits per heavy atom. The maximum atomic E-state index is 5.87. The van der Waals surface area contributed by atoms with Crippen molar-refractivity contribution in [2.24, 2.45) is 10.7 Å². The largest absolute Gasteiger partial charge is 0.370 e. The van der Waals surface area contributed by atoms with Crippen LogP contribution in [0.2, 0.25) is 0 Å². The van der Waals surface area contributed by atoms with Crippen molar-refractivity contribution in [3.8, 4) is 0 Å². The molecule has 23 heavy (non-hydrogen) atoms. The third-order valence-corrected chi connectivity index (χ3v) is 3.54. The Kier molecular flexibility index (Phi) is 8.01. The second-order valence-corrected chi connectivity index (χ2v) is 5.31. The Labute approximate surface area is 154 Å². The first kappa shape index (κ1) is 19.4. The molecule has 0 saturated heterocycles. The third kappa shape index (κ3) is 6.17. The van der Waals surface area contributed by atoms with Gasteiger partial charge in [-0.1, -0.05) is 31.1 Å². The number of nitrogens with one attached hydrogen (secondary N) is 1. The molecule has 0 saturated carbocycles. The molecular weight excluding hydrogens is 405 g/mol. The number of hydrogen-bond donors (Lipinski definition) is 2. The molecule has 126 valence electrons. The molecule has 0 aliphatic rings. The minimum absolute atomic E-state index is 0. The van der Waals surface area contributed by atoms with Gasteiger partial charge in [-0.2, -0.15) is 4.98 Å². The van der Waals surface area contributed by atoms with E-state index in [-0.39, 0.29) is 24.0 Å². The highest BCUT2D eigenvalue weighted by atomic mass is 127. The first-order chi connectivity index (χ1) is 10.6. The number of hydrogen-bond acceptors (Lipinski definition) is 4. The van der Waals surface area contributed by atoms with Crippen molar-refractivity contribution in [3.63, 3.8) is 0 Å². The number of aromatic nitrogens is 2. The van der Waals surface area contributed by atoms with E-state index < -0.39 is 0 Å². The normalized spacial score (nSPS) is 12.6. The van der Waals surface area contributed by atoms with Crippen molar-refractivity contribution >= 4 is 35.6 Å². The highest BCUT2D eigenvalue weighted by Crippen LogP contribution is 2.20. The van der Waals surface area contributed by atoms with Crippen molar-refractivity contribution in [1.82, 2.24) is 10.1 Å². The summed E-state index contributed by atoms with van der Waals surface area (Å²) >= 11 is 0. The van der Waals surface area contributed by atoms with E-state index in [1.165, 1.54) is 5.56 Å². The summed E-state index contributed by atoms with van der Waals surface area (Å²) in [5.41, 5.74) is 8.13. The van der Waals surface area contributed by atoms with E-state index in [9.17, 15) is 0 Å². The molecule has 6 nitrogen and oxygen atoms in total. The molecule has 1 heterocycles. The molecule has 1 atom stereocenters. The molecule has 1 aromatic heterocycles. The molecule has 0 bridgehead atoms. The maximum Gasteiger partial charge on any atom is 0.228 e. The van der Waals surface area contributed by atoms with E-state index in [1.807, 2.05) is 12.1 Å². The van der Waals surface area contributed by atoms with Crippen LogP contribution in [0, 0.1) is 6.92 Å². The molecule has 0 radical (unpaired) electrons. The van der Waals surface area contributed by atoms with Gasteiger partial charge in [-0.05, 0) is 37.0 Å². The monoisotopic (exact) mass is 429 g/mol. The topological polar surface area (TPSA) is 89.3 Å². The summed E-state index contributed by atoms with van der Waals surface area (Å²) in [6.45, 7) is 6.70. The van der Waals surface area contributed by atoms with Gasteiger partial charge >= 0.3 is 0 Å². The zero-order valence-electron chi connectivity index (χ0n) is 13.7. The number of halogens is 1. The van der Waals surface area contributed by atoms with Gasteiger partial charge in [-0.15, -0.1) is 24.0 Å². The van der Waals surface area contributed by atoms with E-state index >= 15 is 0 Å². The molecule has 0 aliphatic heterocycles. The number of guanidine groups is 1. The lowest BCUT2D eigenvalue weighted by Gasteiger charge is -2.10. The van der Waals surface area contributed by atoms with Crippen LogP contribution in [0.25, 0.3) is 0 Å². The van der Waals surface area contributed by atoms with E-state index in [4.69, 9.17) is 10.3 Å². The van der Waals surface area contributed by atoms with Crippen molar-refractivity contribution in [2.45, 2.75) is 39.5 Å². The van der Waals surface area contributed by atoms with Crippen molar-refractivity contribution in [3.05, 3.63) is 41.5 Å². The highest BCUT2D eigenvalue weighted by Gasteiger charge is 2.04. The molecule has 2 rings (SSSR count). The van der Waals surface area contributed by atoms with E-state index in [1.54, 1.807) is 6.92 Å². The molecule has 0 fully saturated rings. The Bertz CT molecular complexity index is 624. The van der Waals surface area contributed by atoms with Gasteiger partial charge in [0.1, 0.15) is 0 Å². The van der Waals surface area contributed by atoms with Crippen molar-refractivity contribution in [2.75, 3.05) is 11.9 Å². The van der Waals surface area contributed by atoms with Gasteiger partial charge in [0.05, 0.1) is 6.54 Å². The van der Waals surface area contributed by atoms with Gasteiger partial charge < -0.3 is 15.6 Å². The van der Waals surface area contributed by atoms with E-state index in [2.05, 4.69) is 46.4 Å². The van der Waals surface area contributed by atoms with Crippen molar-refractivity contribution in [1.29, 1.82) is 0 Å². The van der Waals surface area contributed by atoms with E-state index in [0.717, 1.165) is 12.1 Å². The molecule has 2 aromatic rings. The molecule has 1 unspecified atom stereocenters. The minimum atomic E-state index is 0. The fraction of sp³-hybridized carbons (Fsp3) is 0.438. The lowest BCUT2D eigenvalue weighted by atomic mass is 9.99. The Morgan fingerprint density at radius 3 is 2.61 bits per heavy atom. The van der Waals surface area contributed by atoms with Gasteiger partial charge in [0, 0.05) is 12.1 Å². The summed E-state index contributed by atoms with van der Waals surface area (Å²) in [6.07, 6.45) is 1.71. The smallest absolute Gasteiger partial charge is 0.228 e. The third-order valence-electron chi connectivity index (χ3n) is 3.54. The Hall–Kier alpha value is -1.64. The highest BCUT2D eigenvalue weighted by molar-refractivity contribution is 14.0. The molecule has 1 aromatic carbocycles. The number of rotatable bonds is 6. The first-order valence-corrected chi connectivity index (χ1v) is 7.54. The average Bonchev–Trinajstić information content (AvgIpc) is 2.92. The van der Waals surface area contributed by atoms with E-state index in [0.29, 0.717) is 36.6 Å². The fourth-order valence-corrected chi connectivity index (χ4v) is 2.03. The van der Waals surface area contributed by atoms with Crippen LogP contribution in [-0.2, 0) is 6.42 Å². The lowest BCUT2D eigenvalue weighted by Crippen LogP contribution is -2.23. The molecule has 3 N–H and O–H groups in total. The zero-order chi connectivity index (χ0) is 15.9. The summed E-state index contributed by atoms with van der Waals surface area (Å²) in [5, 5.41) is 6.81. The standard InChI is InChI=1S/C16H23N5O.HI/c1-4-11(2)13-5-7-14(8-6-13)20-16(17)18-10-9-15-19-12(3)21-22-15;/h5-8,11H,4,9-10H2,1-3H3,(H3,17,18,20);1H. The number of aliphatic imine (C=N–C) groups is 1. The van der Waals surface area contributed by atoms with Gasteiger partial charge in [0.2, 0.25) is 5.89 Å². The van der Waals surface area contributed by atoms with Gasteiger partial charge in [0.15, 0.2) is 11.8 Å². The second kappa shape index (κ2) is 9.49. The maximum absolute atomic E-state index is 5.87. The predicted molar refractivity (Wildman–Crippen MR) is 103 cm³/mol. The summed E-state index contributed by atoms with van der Waals surface area (Å²) in [5.74, 6) is 2.16. The minimum Gasteiger partial charge on any atom is -0.370 e. The lowest BCUT2D eigenvalue weighted by molar-refractivity contribution is 0.376. The second-order valence-electron chi connectivity index (χ2n) is 5.31. The van der Waals surface area contributed by atoms with Crippen molar-refractivity contribution < 1.29 is 4.52 Å². The van der Waals surface area contributed by atoms with Gasteiger partial charge in [0.25, 0.3) is 0 Å². The number of anilines is 1. The van der Waals surface area contributed by atoms with Crippen LogP contribution in [0.3, 0.4) is 0 Å². The molecule has 0 amide bonds. The molecule has 0 spiro atoms. The number of aryl methyl sites for hydroxylation is 1. The van der Waals surface area contributed by atoms with Crippen LogP contribution >= 0.6 is 24.0 Å². The SMILES string of the molecule is CCC(C)c1ccc(NC(N)=NCCc2nc(C)no2)cc1.I. The summed E-state index contributed by atoms with van der Waals surface area (Å²) in [4.78, 5) is 8.37. The van der Waals surface area contributed by atoms with Gasteiger partial charge in [-0.25, -0.2) is 0 Å². The summed E-state index contributed by atoms with van der Waals surface area (Å²) in [6, 6.07) is 8.27. The fourth-order valence-electron chi connectivity index (χ4n) is 2.03. The molecular formula is C16H24IN5O. The van der Waals surface area contributed by atoms with Gasteiger partial charge in [-0.3, -0.25) is 4.99 Å².